The van der Waals surface area contributed by atoms with Gasteiger partial charge in [-0.2, -0.15) is 0 Å². The summed E-state index contributed by atoms with van der Waals surface area (Å²) in [7, 11) is 0. The zero-order valence-electron chi connectivity index (χ0n) is 15.2. The molecule has 0 spiro atoms. The van der Waals surface area contributed by atoms with Crippen molar-refractivity contribution < 1.29 is 14.3 Å². The van der Waals surface area contributed by atoms with E-state index in [4.69, 9.17) is 4.74 Å². The Bertz CT molecular complexity index is 712. The Morgan fingerprint density at radius 1 is 0.885 bits per heavy atom. The van der Waals surface area contributed by atoms with Crippen LogP contribution in [-0.4, -0.2) is 25.1 Å². The third-order valence-electron chi connectivity index (χ3n) is 3.74. The largest absolute Gasteiger partial charge is 0.484 e. The van der Waals surface area contributed by atoms with Crippen molar-refractivity contribution in [1.29, 1.82) is 0 Å². The highest BCUT2D eigenvalue weighted by atomic mass is 16.5. The van der Waals surface area contributed by atoms with Crippen LogP contribution in [0.1, 0.15) is 25.0 Å². The lowest BCUT2D eigenvalue weighted by molar-refractivity contribution is -0.122. The van der Waals surface area contributed by atoms with Crippen LogP contribution >= 0.6 is 0 Å². The number of ether oxygens (including phenoxy) is 1. The van der Waals surface area contributed by atoms with Crippen LogP contribution in [0.3, 0.4) is 0 Å². The molecule has 2 rings (SSSR count). The molecule has 0 bridgehead atoms. The molecule has 3 amide bonds. The molecule has 0 aliphatic carbocycles. The summed E-state index contributed by atoms with van der Waals surface area (Å²) in [6, 6.07) is 14.7. The van der Waals surface area contributed by atoms with Gasteiger partial charge in [0.1, 0.15) is 5.75 Å². The van der Waals surface area contributed by atoms with Crippen LogP contribution in [0.2, 0.25) is 0 Å². The first-order chi connectivity index (χ1) is 12.6. The molecule has 6 heteroatoms. The van der Waals surface area contributed by atoms with Crippen LogP contribution in [-0.2, 0) is 17.8 Å². The SMILES string of the molecule is CCNC(=O)COc1ccc(NC(=O)NCc2ccc(CC)cc2)cc1. The van der Waals surface area contributed by atoms with E-state index in [0.717, 1.165) is 12.0 Å². The highest BCUT2D eigenvalue weighted by Crippen LogP contribution is 2.15. The van der Waals surface area contributed by atoms with E-state index >= 15 is 0 Å². The summed E-state index contributed by atoms with van der Waals surface area (Å²) >= 11 is 0. The van der Waals surface area contributed by atoms with Crippen molar-refractivity contribution in [3.05, 3.63) is 59.7 Å². The standard InChI is InChI=1S/C20H25N3O3/c1-3-15-5-7-16(8-6-15)13-22-20(25)23-17-9-11-18(12-10-17)26-14-19(24)21-4-2/h5-12H,3-4,13-14H2,1-2H3,(H,21,24)(H2,22,23,25). The van der Waals surface area contributed by atoms with Gasteiger partial charge in [0.25, 0.3) is 5.91 Å². The Kier molecular flexibility index (Phi) is 7.49. The number of carbonyl (C=O) groups excluding carboxylic acids is 2. The third kappa shape index (κ3) is 6.47. The fraction of sp³-hybridized carbons (Fsp3) is 0.300. The van der Waals surface area contributed by atoms with Crippen LogP contribution in [0.25, 0.3) is 0 Å². The number of carbonyl (C=O) groups is 2. The van der Waals surface area contributed by atoms with Crippen LogP contribution in [0.15, 0.2) is 48.5 Å². The minimum Gasteiger partial charge on any atom is -0.484 e. The van der Waals surface area contributed by atoms with Gasteiger partial charge in [-0.05, 0) is 48.7 Å². The van der Waals surface area contributed by atoms with Crippen molar-refractivity contribution in [1.82, 2.24) is 10.6 Å². The van der Waals surface area contributed by atoms with Gasteiger partial charge in [-0.1, -0.05) is 31.2 Å². The van der Waals surface area contributed by atoms with Gasteiger partial charge in [-0.15, -0.1) is 0 Å². The molecule has 0 saturated heterocycles. The Labute approximate surface area is 153 Å². The van der Waals surface area contributed by atoms with E-state index < -0.39 is 0 Å². The van der Waals surface area contributed by atoms with Gasteiger partial charge in [-0.25, -0.2) is 4.79 Å². The fourth-order valence-electron chi connectivity index (χ4n) is 2.28. The van der Waals surface area contributed by atoms with Gasteiger partial charge in [-0.3, -0.25) is 4.79 Å². The second-order valence-electron chi connectivity index (χ2n) is 5.74. The van der Waals surface area contributed by atoms with E-state index in [1.807, 2.05) is 19.1 Å². The number of amides is 3. The maximum absolute atomic E-state index is 12.0. The number of rotatable bonds is 8. The quantitative estimate of drug-likeness (QED) is 0.681. The molecule has 0 heterocycles. The lowest BCUT2D eigenvalue weighted by atomic mass is 10.1. The average molecular weight is 355 g/mol. The normalized spacial score (nSPS) is 10.1. The van der Waals surface area contributed by atoms with Gasteiger partial charge >= 0.3 is 6.03 Å². The van der Waals surface area contributed by atoms with E-state index in [2.05, 4.69) is 35.0 Å². The van der Waals surface area contributed by atoms with Crippen LogP contribution in [0, 0.1) is 0 Å². The summed E-state index contributed by atoms with van der Waals surface area (Å²) in [5.41, 5.74) is 2.97. The molecule has 0 fully saturated rings. The van der Waals surface area contributed by atoms with Gasteiger partial charge < -0.3 is 20.7 Å². The Hall–Kier alpha value is -3.02. The fourth-order valence-corrected chi connectivity index (χ4v) is 2.28. The number of hydrogen-bond donors (Lipinski definition) is 3. The number of hydrogen-bond acceptors (Lipinski definition) is 3. The zero-order chi connectivity index (χ0) is 18.8. The first-order valence-corrected chi connectivity index (χ1v) is 8.73. The summed E-state index contributed by atoms with van der Waals surface area (Å²) in [5, 5.41) is 8.24. The van der Waals surface area contributed by atoms with E-state index in [0.29, 0.717) is 24.5 Å². The average Bonchev–Trinajstić information content (AvgIpc) is 2.66. The number of benzene rings is 2. The van der Waals surface area contributed by atoms with E-state index in [1.54, 1.807) is 24.3 Å². The predicted octanol–water partition coefficient (Wildman–Crippen LogP) is 3.09. The molecule has 138 valence electrons. The number of likely N-dealkylation sites (N-methyl/N-ethyl adjacent to an activating group) is 1. The predicted molar refractivity (Wildman–Crippen MR) is 102 cm³/mol. The van der Waals surface area contributed by atoms with Crippen molar-refractivity contribution >= 4 is 17.6 Å². The van der Waals surface area contributed by atoms with Gasteiger partial charge in [0.05, 0.1) is 0 Å². The molecule has 26 heavy (non-hydrogen) atoms. The molecule has 0 radical (unpaired) electrons. The summed E-state index contributed by atoms with van der Waals surface area (Å²) in [5.74, 6) is 0.402. The smallest absolute Gasteiger partial charge is 0.319 e. The zero-order valence-corrected chi connectivity index (χ0v) is 15.2. The van der Waals surface area contributed by atoms with E-state index in [1.165, 1.54) is 5.56 Å². The maximum Gasteiger partial charge on any atom is 0.319 e. The van der Waals surface area contributed by atoms with Crippen molar-refractivity contribution in [3.63, 3.8) is 0 Å². The van der Waals surface area contributed by atoms with Crippen molar-refractivity contribution in [2.75, 3.05) is 18.5 Å². The summed E-state index contributed by atoms with van der Waals surface area (Å²) in [6.45, 7) is 4.96. The third-order valence-corrected chi connectivity index (χ3v) is 3.74. The highest BCUT2D eigenvalue weighted by Gasteiger charge is 2.04. The number of anilines is 1. The summed E-state index contributed by atoms with van der Waals surface area (Å²) in [4.78, 5) is 23.3. The molecule has 2 aromatic rings. The van der Waals surface area contributed by atoms with Crippen molar-refractivity contribution in [2.24, 2.45) is 0 Å². The molecule has 0 aliphatic rings. The Morgan fingerprint density at radius 2 is 1.54 bits per heavy atom. The minimum absolute atomic E-state index is 0.0298. The molecule has 0 aliphatic heterocycles. The van der Waals surface area contributed by atoms with Gasteiger partial charge in [0, 0.05) is 18.8 Å². The topological polar surface area (TPSA) is 79.5 Å². The molecule has 0 atom stereocenters. The van der Waals surface area contributed by atoms with Crippen LogP contribution in [0.5, 0.6) is 5.75 Å². The lowest BCUT2D eigenvalue weighted by Crippen LogP contribution is -2.28. The minimum atomic E-state index is -0.277. The van der Waals surface area contributed by atoms with Gasteiger partial charge in [0.2, 0.25) is 0 Å². The van der Waals surface area contributed by atoms with Gasteiger partial charge in [0.15, 0.2) is 6.61 Å². The first-order valence-electron chi connectivity index (χ1n) is 8.73. The van der Waals surface area contributed by atoms with Crippen LogP contribution in [0.4, 0.5) is 10.5 Å². The molecule has 3 N–H and O–H groups in total. The highest BCUT2D eigenvalue weighted by molar-refractivity contribution is 5.89. The number of nitrogens with one attached hydrogen (secondary N) is 3. The molecule has 0 aromatic heterocycles. The number of aryl methyl sites for hydroxylation is 1. The number of urea groups is 1. The molecular weight excluding hydrogens is 330 g/mol. The summed E-state index contributed by atoms with van der Waals surface area (Å²) < 4.78 is 5.36. The second kappa shape index (κ2) is 10.1. The maximum atomic E-state index is 12.0. The monoisotopic (exact) mass is 355 g/mol. The van der Waals surface area contributed by atoms with Crippen molar-refractivity contribution in [3.8, 4) is 5.75 Å². The Balaban J connectivity index is 1.76. The molecule has 6 nitrogen and oxygen atoms in total. The molecule has 0 saturated carbocycles. The van der Waals surface area contributed by atoms with Crippen molar-refractivity contribution in [2.45, 2.75) is 26.8 Å². The molecule has 2 aromatic carbocycles. The molecule has 0 unspecified atom stereocenters. The molecular formula is C20H25N3O3. The Morgan fingerprint density at radius 3 is 2.15 bits per heavy atom. The van der Waals surface area contributed by atoms with Crippen LogP contribution < -0.4 is 20.7 Å². The second-order valence-corrected chi connectivity index (χ2v) is 5.74. The van der Waals surface area contributed by atoms with E-state index in [9.17, 15) is 9.59 Å². The lowest BCUT2D eigenvalue weighted by Gasteiger charge is -2.10. The van der Waals surface area contributed by atoms with E-state index in [-0.39, 0.29) is 18.5 Å². The summed E-state index contributed by atoms with van der Waals surface area (Å²) in [6.07, 6.45) is 0.997. The first kappa shape index (κ1) is 19.3.